The van der Waals surface area contributed by atoms with Crippen LogP contribution in [0.4, 0.5) is 13.2 Å². The van der Waals surface area contributed by atoms with Gasteiger partial charge in [-0.05, 0) is 37.4 Å². The van der Waals surface area contributed by atoms with Crippen molar-refractivity contribution in [1.82, 2.24) is 10.2 Å². The van der Waals surface area contributed by atoms with E-state index in [1.54, 1.807) is 6.07 Å². The number of morpholine rings is 1. The van der Waals surface area contributed by atoms with Crippen LogP contribution in [0.1, 0.15) is 36.8 Å². The summed E-state index contributed by atoms with van der Waals surface area (Å²) in [5.74, 6) is 0.361. The fourth-order valence-electron chi connectivity index (χ4n) is 3.80. The standard InChI is InChI=1S/C20H29F3N4O/c21-20(22,23)17-5-1-4-16(14-17)19(6-2-7-19)15-26-18(24)25-8-3-9-27-10-12-28-13-11-27/h1,4-5,14H,2-3,6-13,15H2,(H3,24,25,26). The number of guanidine groups is 1. The number of nitrogens with zero attached hydrogens (tertiary/aromatic N) is 2. The zero-order valence-electron chi connectivity index (χ0n) is 16.1. The van der Waals surface area contributed by atoms with E-state index in [0.29, 0.717) is 18.1 Å². The first-order valence-corrected chi connectivity index (χ1v) is 9.91. The molecule has 0 amide bonds. The minimum absolute atomic E-state index is 0.332. The molecule has 0 spiro atoms. The molecule has 1 saturated heterocycles. The smallest absolute Gasteiger partial charge is 0.379 e. The Morgan fingerprint density at radius 3 is 2.64 bits per heavy atom. The molecule has 1 aromatic rings. The Labute approximate surface area is 164 Å². The van der Waals surface area contributed by atoms with E-state index in [2.05, 4.69) is 15.2 Å². The van der Waals surface area contributed by atoms with Crippen LogP contribution in [0.3, 0.4) is 0 Å². The molecule has 1 aliphatic heterocycles. The number of hydrogen-bond acceptors (Lipinski definition) is 3. The summed E-state index contributed by atoms with van der Waals surface area (Å²) in [7, 11) is 0. The lowest BCUT2D eigenvalue weighted by Crippen LogP contribution is -2.41. The van der Waals surface area contributed by atoms with Crippen LogP contribution >= 0.6 is 0 Å². The molecule has 3 N–H and O–H groups in total. The number of halogens is 3. The van der Waals surface area contributed by atoms with Crippen molar-refractivity contribution in [2.75, 3.05) is 45.9 Å². The lowest BCUT2D eigenvalue weighted by atomic mass is 9.64. The molecule has 2 aliphatic rings. The molecule has 28 heavy (non-hydrogen) atoms. The molecule has 1 heterocycles. The van der Waals surface area contributed by atoms with Crippen LogP contribution in [0, 0.1) is 0 Å². The highest BCUT2D eigenvalue weighted by Crippen LogP contribution is 2.45. The van der Waals surface area contributed by atoms with Crippen LogP contribution in [0.15, 0.2) is 29.3 Å². The van der Waals surface area contributed by atoms with Crippen molar-refractivity contribution >= 4 is 5.96 Å². The number of hydrogen-bond donors (Lipinski definition) is 2. The first-order chi connectivity index (χ1) is 13.4. The largest absolute Gasteiger partial charge is 0.416 e. The highest BCUT2D eigenvalue weighted by Gasteiger charge is 2.40. The van der Waals surface area contributed by atoms with Crippen molar-refractivity contribution in [3.63, 3.8) is 0 Å². The van der Waals surface area contributed by atoms with Crippen LogP contribution in [-0.2, 0) is 16.3 Å². The minimum atomic E-state index is -4.33. The minimum Gasteiger partial charge on any atom is -0.379 e. The van der Waals surface area contributed by atoms with Gasteiger partial charge in [-0.25, -0.2) is 0 Å². The highest BCUT2D eigenvalue weighted by atomic mass is 19.4. The van der Waals surface area contributed by atoms with Crippen molar-refractivity contribution in [2.24, 2.45) is 10.7 Å². The fraction of sp³-hybridized carbons (Fsp3) is 0.650. The number of rotatable bonds is 7. The molecule has 1 saturated carbocycles. The first kappa shape index (κ1) is 20.9. The van der Waals surface area contributed by atoms with Gasteiger partial charge in [0.05, 0.1) is 25.3 Å². The summed E-state index contributed by atoms with van der Waals surface area (Å²) in [4.78, 5) is 6.80. The van der Waals surface area contributed by atoms with E-state index in [0.717, 1.165) is 71.1 Å². The Balaban J connectivity index is 1.51. The maximum atomic E-state index is 13.0. The fourth-order valence-corrected chi connectivity index (χ4v) is 3.80. The molecule has 5 nitrogen and oxygen atoms in total. The van der Waals surface area contributed by atoms with E-state index in [-0.39, 0.29) is 5.41 Å². The topological polar surface area (TPSA) is 62.9 Å². The van der Waals surface area contributed by atoms with Gasteiger partial charge in [-0.3, -0.25) is 9.89 Å². The van der Waals surface area contributed by atoms with Crippen LogP contribution in [0.25, 0.3) is 0 Å². The second-order valence-corrected chi connectivity index (χ2v) is 7.65. The Morgan fingerprint density at radius 2 is 2.00 bits per heavy atom. The summed E-state index contributed by atoms with van der Waals surface area (Å²) in [5.41, 5.74) is 5.75. The number of alkyl halides is 3. The molecular weight excluding hydrogens is 369 g/mol. The molecule has 156 valence electrons. The molecular formula is C20H29F3N4O. The van der Waals surface area contributed by atoms with E-state index >= 15 is 0 Å². The maximum Gasteiger partial charge on any atom is 0.416 e. The van der Waals surface area contributed by atoms with E-state index in [1.807, 2.05) is 0 Å². The number of nitrogens with one attached hydrogen (secondary N) is 1. The molecule has 0 unspecified atom stereocenters. The number of nitrogens with two attached hydrogens (primary N) is 1. The number of aliphatic imine (C=N–C) groups is 1. The van der Waals surface area contributed by atoms with Gasteiger partial charge in [0.2, 0.25) is 0 Å². The van der Waals surface area contributed by atoms with Gasteiger partial charge >= 0.3 is 6.18 Å². The normalized spacial score (nSPS) is 20.6. The maximum absolute atomic E-state index is 13.0. The van der Waals surface area contributed by atoms with Crippen molar-refractivity contribution in [3.05, 3.63) is 35.4 Å². The van der Waals surface area contributed by atoms with Crippen molar-refractivity contribution in [1.29, 1.82) is 0 Å². The van der Waals surface area contributed by atoms with E-state index in [1.165, 1.54) is 12.1 Å². The van der Waals surface area contributed by atoms with E-state index < -0.39 is 11.7 Å². The lowest BCUT2D eigenvalue weighted by Gasteiger charge is -2.41. The molecule has 0 atom stereocenters. The average Bonchev–Trinajstić information content (AvgIpc) is 2.65. The Kier molecular flexibility index (Phi) is 6.82. The molecule has 0 aromatic heterocycles. The third kappa shape index (κ3) is 5.38. The van der Waals surface area contributed by atoms with Crippen molar-refractivity contribution < 1.29 is 17.9 Å². The lowest BCUT2D eigenvalue weighted by molar-refractivity contribution is -0.137. The third-order valence-corrected chi connectivity index (χ3v) is 5.73. The van der Waals surface area contributed by atoms with Crippen LogP contribution in [0.2, 0.25) is 0 Å². The van der Waals surface area contributed by atoms with Gasteiger partial charge in [0.25, 0.3) is 0 Å². The predicted molar refractivity (Wildman–Crippen MR) is 103 cm³/mol. The van der Waals surface area contributed by atoms with Gasteiger partial charge in [0, 0.05) is 25.0 Å². The van der Waals surface area contributed by atoms with Gasteiger partial charge in [0.1, 0.15) is 0 Å². The van der Waals surface area contributed by atoms with Gasteiger partial charge in [-0.2, -0.15) is 13.2 Å². The Morgan fingerprint density at radius 1 is 1.25 bits per heavy atom. The SMILES string of the molecule is NC(=NCC1(c2cccc(C(F)(F)F)c2)CCC1)NCCCN1CCOCC1. The zero-order chi connectivity index (χ0) is 20.0. The van der Waals surface area contributed by atoms with E-state index in [9.17, 15) is 13.2 Å². The van der Waals surface area contributed by atoms with Gasteiger partial charge in [-0.15, -0.1) is 0 Å². The zero-order valence-corrected chi connectivity index (χ0v) is 16.1. The molecule has 1 aromatic carbocycles. The van der Waals surface area contributed by atoms with Gasteiger partial charge in [-0.1, -0.05) is 24.6 Å². The van der Waals surface area contributed by atoms with Crippen molar-refractivity contribution in [2.45, 2.75) is 37.3 Å². The summed E-state index contributed by atoms with van der Waals surface area (Å²) in [6.45, 7) is 5.62. The predicted octanol–water partition coefficient (Wildman–Crippen LogP) is 2.75. The van der Waals surface area contributed by atoms with Gasteiger partial charge in [0.15, 0.2) is 5.96 Å². The van der Waals surface area contributed by atoms with Crippen LogP contribution in [-0.4, -0.2) is 56.8 Å². The summed E-state index contributed by atoms with van der Waals surface area (Å²) in [6.07, 6.45) is -0.705. The van der Waals surface area contributed by atoms with Gasteiger partial charge < -0.3 is 15.8 Å². The number of benzene rings is 1. The summed E-state index contributed by atoms with van der Waals surface area (Å²) in [6, 6.07) is 5.63. The summed E-state index contributed by atoms with van der Waals surface area (Å²) in [5, 5.41) is 3.12. The molecule has 1 aliphatic carbocycles. The Hall–Kier alpha value is -1.80. The average molecular weight is 398 g/mol. The quantitative estimate of drug-likeness (QED) is 0.421. The highest BCUT2D eigenvalue weighted by molar-refractivity contribution is 5.77. The molecule has 2 fully saturated rings. The second-order valence-electron chi connectivity index (χ2n) is 7.65. The van der Waals surface area contributed by atoms with Crippen LogP contribution < -0.4 is 11.1 Å². The molecule has 8 heteroatoms. The molecule has 0 radical (unpaired) electrons. The molecule has 0 bridgehead atoms. The first-order valence-electron chi connectivity index (χ1n) is 9.91. The number of ether oxygens (including phenoxy) is 1. The monoisotopic (exact) mass is 398 g/mol. The molecule has 3 rings (SSSR count). The van der Waals surface area contributed by atoms with Crippen molar-refractivity contribution in [3.8, 4) is 0 Å². The summed E-state index contributed by atoms with van der Waals surface area (Å²) < 4.78 is 44.4. The van der Waals surface area contributed by atoms with E-state index in [4.69, 9.17) is 10.5 Å². The second kappa shape index (κ2) is 9.13. The van der Waals surface area contributed by atoms with Crippen LogP contribution in [0.5, 0.6) is 0 Å². The Bertz CT molecular complexity index is 668. The third-order valence-electron chi connectivity index (χ3n) is 5.73. The summed E-state index contributed by atoms with van der Waals surface area (Å²) >= 11 is 0.